The van der Waals surface area contributed by atoms with Gasteiger partial charge in [-0.05, 0) is 24.0 Å². The monoisotopic (exact) mass is 357 g/mol. The molecule has 0 unspecified atom stereocenters. The lowest BCUT2D eigenvalue weighted by molar-refractivity contribution is -0.136. The Hall–Kier alpha value is -2.17. The summed E-state index contributed by atoms with van der Waals surface area (Å²) in [5.41, 5.74) is 0.554. The fourth-order valence-electron chi connectivity index (χ4n) is 3.76. The Morgan fingerprint density at radius 2 is 2.19 bits per heavy atom. The second-order valence-corrected chi connectivity index (χ2v) is 7.36. The number of hydrogen-bond acceptors (Lipinski definition) is 6. The van der Waals surface area contributed by atoms with E-state index in [-0.39, 0.29) is 11.9 Å². The van der Waals surface area contributed by atoms with Crippen molar-refractivity contribution in [1.82, 2.24) is 14.8 Å². The molecule has 3 heterocycles. The van der Waals surface area contributed by atoms with Crippen molar-refractivity contribution in [2.75, 3.05) is 51.3 Å². The van der Waals surface area contributed by atoms with Gasteiger partial charge in [-0.15, -0.1) is 0 Å². The zero-order chi connectivity index (χ0) is 18.5. The van der Waals surface area contributed by atoms with Crippen LogP contribution in [0.4, 0.5) is 5.82 Å². The average molecular weight is 357 g/mol. The lowest BCUT2D eigenvalue weighted by Gasteiger charge is -2.28. The van der Waals surface area contributed by atoms with Crippen LogP contribution in [0, 0.1) is 23.2 Å². The van der Waals surface area contributed by atoms with E-state index >= 15 is 0 Å². The summed E-state index contributed by atoms with van der Waals surface area (Å²) in [5, 5.41) is 12.7. The Bertz CT molecular complexity index is 666. The molecule has 2 aliphatic heterocycles. The number of aromatic nitrogens is 1. The Balaban J connectivity index is 1.64. The van der Waals surface area contributed by atoms with Crippen LogP contribution in [0.15, 0.2) is 18.3 Å². The number of rotatable bonds is 5. The van der Waals surface area contributed by atoms with E-state index in [4.69, 9.17) is 4.74 Å². The van der Waals surface area contributed by atoms with Crippen LogP contribution in [0.3, 0.4) is 0 Å². The molecular formula is C19H27N5O2. The predicted molar refractivity (Wildman–Crippen MR) is 98.5 cm³/mol. The number of carbonyl (C=O) groups is 1. The fraction of sp³-hybridized carbons (Fsp3) is 0.632. The number of morpholine rings is 1. The number of carbonyl (C=O) groups excluding carboxylic acids is 1. The van der Waals surface area contributed by atoms with Gasteiger partial charge in [0.15, 0.2) is 0 Å². The molecule has 0 saturated carbocycles. The summed E-state index contributed by atoms with van der Waals surface area (Å²) < 4.78 is 5.32. The average Bonchev–Trinajstić information content (AvgIpc) is 3.05. The van der Waals surface area contributed by atoms with E-state index in [0.29, 0.717) is 56.1 Å². The summed E-state index contributed by atoms with van der Waals surface area (Å²) in [5.74, 6) is 1.69. The first-order valence-electron chi connectivity index (χ1n) is 9.28. The van der Waals surface area contributed by atoms with Crippen molar-refractivity contribution in [1.29, 1.82) is 5.26 Å². The maximum atomic E-state index is 12.5. The van der Waals surface area contributed by atoms with Gasteiger partial charge in [-0.2, -0.15) is 5.26 Å². The third kappa shape index (κ3) is 4.32. The predicted octanol–water partition coefficient (Wildman–Crippen LogP) is 1.18. The topological polar surface area (TPSA) is 81.5 Å². The van der Waals surface area contributed by atoms with Gasteiger partial charge >= 0.3 is 0 Å². The highest BCUT2D eigenvalue weighted by Crippen LogP contribution is 2.27. The molecule has 0 spiro atoms. The molecule has 0 aromatic carbocycles. The first kappa shape index (κ1) is 18.6. The highest BCUT2D eigenvalue weighted by atomic mass is 16.5. The molecule has 2 atom stereocenters. The number of amides is 1. The van der Waals surface area contributed by atoms with E-state index in [1.807, 2.05) is 4.90 Å². The molecule has 7 nitrogen and oxygen atoms in total. The fourth-order valence-corrected chi connectivity index (χ4v) is 3.76. The van der Waals surface area contributed by atoms with E-state index in [0.717, 1.165) is 13.1 Å². The van der Waals surface area contributed by atoms with Crippen molar-refractivity contribution >= 4 is 11.7 Å². The van der Waals surface area contributed by atoms with E-state index in [2.05, 4.69) is 35.1 Å². The second kappa shape index (κ2) is 8.47. The molecule has 0 bridgehead atoms. The van der Waals surface area contributed by atoms with Crippen LogP contribution in [-0.4, -0.2) is 72.7 Å². The SMILES string of the molecule is CC(C)[C@@H]1CN(CC(=O)N2CCOCC2)C[C@H]1Nc1ncccc1C#N. The molecule has 140 valence electrons. The number of ether oxygens (including phenoxy) is 1. The van der Waals surface area contributed by atoms with Gasteiger partial charge in [-0.1, -0.05) is 13.8 Å². The molecule has 0 aliphatic carbocycles. The minimum absolute atomic E-state index is 0.173. The molecule has 2 aliphatic rings. The standard InChI is InChI=1S/C19H27N5O2/c1-14(2)16-11-23(13-18(25)24-6-8-26-9-7-24)12-17(16)22-19-15(10-20)4-3-5-21-19/h3-5,14,16-17H,6-9,11-13H2,1-2H3,(H,21,22)/t16-,17+/m0/s1. The van der Waals surface area contributed by atoms with Gasteiger partial charge < -0.3 is 15.0 Å². The molecule has 2 fully saturated rings. The molecule has 26 heavy (non-hydrogen) atoms. The lowest BCUT2D eigenvalue weighted by Crippen LogP contribution is -2.45. The maximum absolute atomic E-state index is 12.5. The van der Waals surface area contributed by atoms with Crippen LogP contribution in [0.25, 0.3) is 0 Å². The number of nitriles is 1. The van der Waals surface area contributed by atoms with Gasteiger partial charge in [-0.25, -0.2) is 4.98 Å². The molecule has 1 amide bonds. The Kier molecular flexibility index (Phi) is 6.07. The molecule has 1 N–H and O–H groups in total. The first-order chi connectivity index (χ1) is 12.6. The highest BCUT2D eigenvalue weighted by molar-refractivity contribution is 5.78. The van der Waals surface area contributed by atoms with Crippen molar-refractivity contribution in [3.8, 4) is 6.07 Å². The van der Waals surface area contributed by atoms with Gasteiger partial charge in [0.1, 0.15) is 11.9 Å². The minimum atomic E-state index is 0.173. The van der Waals surface area contributed by atoms with Crippen LogP contribution in [0.5, 0.6) is 0 Å². The van der Waals surface area contributed by atoms with Crippen LogP contribution in [0.1, 0.15) is 19.4 Å². The van der Waals surface area contributed by atoms with Crippen LogP contribution >= 0.6 is 0 Å². The number of nitrogens with one attached hydrogen (secondary N) is 1. The largest absolute Gasteiger partial charge is 0.378 e. The van der Waals surface area contributed by atoms with Crippen molar-refractivity contribution in [3.63, 3.8) is 0 Å². The van der Waals surface area contributed by atoms with E-state index in [9.17, 15) is 10.1 Å². The smallest absolute Gasteiger partial charge is 0.236 e. The molecule has 2 saturated heterocycles. The summed E-state index contributed by atoms with van der Waals surface area (Å²) in [7, 11) is 0. The van der Waals surface area contributed by atoms with Crippen molar-refractivity contribution in [2.24, 2.45) is 11.8 Å². The van der Waals surface area contributed by atoms with Crippen LogP contribution < -0.4 is 5.32 Å². The van der Waals surface area contributed by atoms with E-state index in [1.54, 1.807) is 18.3 Å². The summed E-state index contributed by atoms with van der Waals surface area (Å²) in [4.78, 5) is 21.0. The number of anilines is 1. The lowest BCUT2D eigenvalue weighted by atomic mass is 9.91. The van der Waals surface area contributed by atoms with Crippen LogP contribution in [0.2, 0.25) is 0 Å². The van der Waals surface area contributed by atoms with Gasteiger partial charge in [0, 0.05) is 38.4 Å². The van der Waals surface area contributed by atoms with Crippen molar-refractivity contribution in [3.05, 3.63) is 23.9 Å². The minimum Gasteiger partial charge on any atom is -0.378 e. The van der Waals surface area contributed by atoms with Gasteiger partial charge in [0.2, 0.25) is 5.91 Å². The number of pyridine rings is 1. The summed E-state index contributed by atoms with van der Waals surface area (Å²) in [6, 6.07) is 5.91. The summed E-state index contributed by atoms with van der Waals surface area (Å²) >= 11 is 0. The molecule has 7 heteroatoms. The number of nitrogens with zero attached hydrogens (tertiary/aromatic N) is 4. The molecule has 0 radical (unpaired) electrons. The third-order valence-corrected chi connectivity index (χ3v) is 5.27. The molecular weight excluding hydrogens is 330 g/mol. The Morgan fingerprint density at radius 3 is 2.88 bits per heavy atom. The number of hydrogen-bond donors (Lipinski definition) is 1. The molecule has 1 aromatic rings. The quantitative estimate of drug-likeness (QED) is 0.852. The molecule has 1 aromatic heterocycles. The summed E-state index contributed by atoms with van der Waals surface area (Å²) in [6.07, 6.45) is 1.70. The Labute approximate surface area is 154 Å². The highest BCUT2D eigenvalue weighted by Gasteiger charge is 2.36. The van der Waals surface area contributed by atoms with Gasteiger partial charge in [0.05, 0.1) is 25.3 Å². The van der Waals surface area contributed by atoms with Gasteiger partial charge in [-0.3, -0.25) is 9.69 Å². The van der Waals surface area contributed by atoms with Crippen molar-refractivity contribution in [2.45, 2.75) is 19.9 Å². The zero-order valence-corrected chi connectivity index (χ0v) is 15.5. The van der Waals surface area contributed by atoms with E-state index < -0.39 is 0 Å². The Morgan fingerprint density at radius 1 is 1.42 bits per heavy atom. The zero-order valence-electron chi connectivity index (χ0n) is 15.5. The number of likely N-dealkylation sites (tertiary alicyclic amines) is 1. The maximum Gasteiger partial charge on any atom is 0.236 e. The normalized spacial score (nSPS) is 23.8. The second-order valence-electron chi connectivity index (χ2n) is 7.36. The summed E-state index contributed by atoms with van der Waals surface area (Å²) in [6.45, 7) is 9.12. The van der Waals surface area contributed by atoms with Gasteiger partial charge in [0.25, 0.3) is 0 Å². The first-order valence-corrected chi connectivity index (χ1v) is 9.28. The molecule has 3 rings (SSSR count). The van der Waals surface area contributed by atoms with E-state index in [1.165, 1.54) is 0 Å². The van der Waals surface area contributed by atoms with Crippen molar-refractivity contribution < 1.29 is 9.53 Å². The van der Waals surface area contributed by atoms with Crippen LogP contribution in [-0.2, 0) is 9.53 Å². The third-order valence-electron chi connectivity index (χ3n) is 5.27.